The van der Waals surface area contributed by atoms with Gasteiger partial charge in [0.25, 0.3) is 5.91 Å². The highest BCUT2D eigenvalue weighted by Gasteiger charge is 2.30. The van der Waals surface area contributed by atoms with Crippen molar-refractivity contribution in [2.24, 2.45) is 0 Å². The lowest BCUT2D eigenvalue weighted by Crippen LogP contribution is -3.29. The van der Waals surface area contributed by atoms with Crippen LogP contribution >= 0.6 is 11.6 Å². The second-order valence-electron chi connectivity index (χ2n) is 5.55. The third-order valence-electron chi connectivity index (χ3n) is 4.19. The Bertz CT molecular complexity index is 458. The average molecular weight is 298 g/mol. The van der Waals surface area contributed by atoms with E-state index in [1.165, 1.54) is 10.5 Å². The fraction of sp³-hybridized carbons (Fsp3) is 0.533. The Hall–Kier alpha value is -1.10. The molecule has 1 aliphatic heterocycles. The molecule has 3 N–H and O–H groups in total. The molecule has 1 atom stereocenters. The van der Waals surface area contributed by atoms with Gasteiger partial charge in [0.1, 0.15) is 32.7 Å². The van der Waals surface area contributed by atoms with E-state index < -0.39 is 0 Å². The maximum absolute atomic E-state index is 11.7. The van der Waals surface area contributed by atoms with Crippen LogP contribution in [0.25, 0.3) is 0 Å². The summed E-state index contributed by atoms with van der Waals surface area (Å²) >= 11 is 6.02. The Morgan fingerprint density at radius 1 is 1.35 bits per heavy atom. The number of carbonyl (C=O) groups excluding carboxylic acids is 1. The first-order valence-electron chi connectivity index (χ1n) is 7.24. The first-order valence-corrected chi connectivity index (χ1v) is 7.62. The van der Waals surface area contributed by atoms with Gasteiger partial charge in [0, 0.05) is 17.6 Å². The number of halogens is 1. The number of amides is 1. The fourth-order valence-corrected chi connectivity index (χ4v) is 3.08. The lowest BCUT2D eigenvalue weighted by molar-refractivity contribution is -1.02. The van der Waals surface area contributed by atoms with Crippen LogP contribution < -0.4 is 15.1 Å². The Labute approximate surface area is 125 Å². The average Bonchev–Trinajstić information content (AvgIpc) is 2.46. The minimum Gasteiger partial charge on any atom is -0.354 e. The number of likely N-dealkylation sites (N-methyl/N-ethyl adjacent to an activating group) is 1. The molecule has 1 aliphatic rings. The molecule has 1 fully saturated rings. The topological polar surface area (TPSA) is 38.0 Å². The molecule has 1 amide bonds. The van der Waals surface area contributed by atoms with Crippen molar-refractivity contribution in [2.75, 3.05) is 33.2 Å². The van der Waals surface area contributed by atoms with Crippen LogP contribution in [-0.4, -0.2) is 45.2 Å². The number of carbonyl (C=O) groups is 1. The molecule has 0 unspecified atom stereocenters. The van der Waals surface area contributed by atoms with Crippen molar-refractivity contribution in [1.29, 1.82) is 0 Å². The summed E-state index contributed by atoms with van der Waals surface area (Å²) in [6.07, 6.45) is 0. The van der Waals surface area contributed by atoms with Crippen molar-refractivity contribution >= 4 is 17.5 Å². The molecule has 0 radical (unpaired) electrons. The van der Waals surface area contributed by atoms with Gasteiger partial charge in [-0.2, -0.15) is 0 Å². The summed E-state index contributed by atoms with van der Waals surface area (Å²) in [5, 5.41) is 3.54. The molecule has 20 heavy (non-hydrogen) atoms. The Kier molecular flexibility index (Phi) is 5.40. The summed E-state index contributed by atoms with van der Waals surface area (Å²) in [7, 11) is 1.71. The molecule has 1 aromatic carbocycles. The van der Waals surface area contributed by atoms with Gasteiger partial charge in [-0.15, -0.1) is 0 Å². The zero-order valence-electron chi connectivity index (χ0n) is 12.2. The van der Waals surface area contributed by atoms with Crippen LogP contribution in [0.15, 0.2) is 24.3 Å². The fourth-order valence-electron chi connectivity index (χ4n) is 2.87. The van der Waals surface area contributed by atoms with Crippen LogP contribution in [0.1, 0.15) is 12.5 Å². The standard InChI is InChI=1S/C15H22ClN3O/c1-12(15(20)17-2)19-8-6-18(7-9-19)11-13-4-3-5-14(16)10-13/h3-5,10,12H,6-9,11H2,1-2H3,(H,17,20)/p+2/t12-/m1/s1. The van der Waals surface area contributed by atoms with Crippen molar-refractivity contribution in [2.45, 2.75) is 19.5 Å². The van der Waals surface area contributed by atoms with E-state index >= 15 is 0 Å². The molecule has 0 saturated carbocycles. The minimum absolute atomic E-state index is 0.0488. The molecule has 1 aromatic rings. The van der Waals surface area contributed by atoms with E-state index in [1.807, 2.05) is 25.1 Å². The summed E-state index contributed by atoms with van der Waals surface area (Å²) in [6, 6.07) is 8.14. The highest BCUT2D eigenvalue weighted by atomic mass is 35.5. The lowest BCUT2D eigenvalue weighted by Gasteiger charge is -2.32. The molecular formula is C15H24ClN3O+2. The highest BCUT2D eigenvalue weighted by molar-refractivity contribution is 6.30. The van der Waals surface area contributed by atoms with Crippen LogP contribution in [0, 0.1) is 0 Å². The van der Waals surface area contributed by atoms with Crippen LogP contribution in [0.5, 0.6) is 0 Å². The SMILES string of the molecule is CNC(=O)[C@@H](C)[NH+]1CC[NH+](Cc2cccc(Cl)c2)CC1. The van der Waals surface area contributed by atoms with E-state index in [0.717, 1.165) is 37.7 Å². The second-order valence-corrected chi connectivity index (χ2v) is 5.99. The van der Waals surface area contributed by atoms with E-state index in [1.54, 1.807) is 11.9 Å². The van der Waals surface area contributed by atoms with Crippen molar-refractivity contribution in [3.63, 3.8) is 0 Å². The van der Waals surface area contributed by atoms with Gasteiger partial charge in [0.05, 0.1) is 0 Å². The van der Waals surface area contributed by atoms with Crippen LogP contribution in [0.4, 0.5) is 0 Å². The third-order valence-corrected chi connectivity index (χ3v) is 4.43. The number of hydrogen-bond donors (Lipinski definition) is 3. The summed E-state index contributed by atoms with van der Waals surface area (Å²) in [5.41, 5.74) is 1.29. The van der Waals surface area contributed by atoms with Gasteiger partial charge in [-0.05, 0) is 19.1 Å². The van der Waals surface area contributed by atoms with Gasteiger partial charge >= 0.3 is 0 Å². The zero-order valence-corrected chi connectivity index (χ0v) is 13.0. The number of hydrogen-bond acceptors (Lipinski definition) is 1. The molecule has 1 saturated heterocycles. The monoisotopic (exact) mass is 297 g/mol. The predicted molar refractivity (Wildman–Crippen MR) is 80.1 cm³/mol. The summed E-state index contributed by atoms with van der Waals surface area (Å²) in [6.45, 7) is 7.32. The quantitative estimate of drug-likeness (QED) is 0.639. The normalized spacial score (nSPS) is 24.1. The molecule has 110 valence electrons. The maximum atomic E-state index is 11.7. The van der Waals surface area contributed by atoms with E-state index in [4.69, 9.17) is 11.6 Å². The van der Waals surface area contributed by atoms with Gasteiger partial charge in [0.2, 0.25) is 0 Å². The van der Waals surface area contributed by atoms with Gasteiger partial charge in [-0.25, -0.2) is 0 Å². The van der Waals surface area contributed by atoms with Gasteiger partial charge in [0.15, 0.2) is 6.04 Å². The van der Waals surface area contributed by atoms with E-state index in [2.05, 4.69) is 11.4 Å². The maximum Gasteiger partial charge on any atom is 0.277 e. The smallest absolute Gasteiger partial charge is 0.277 e. The van der Waals surface area contributed by atoms with Gasteiger partial charge in [-0.3, -0.25) is 4.79 Å². The summed E-state index contributed by atoms with van der Waals surface area (Å²) in [4.78, 5) is 14.6. The number of quaternary nitrogens is 2. The highest BCUT2D eigenvalue weighted by Crippen LogP contribution is 2.09. The van der Waals surface area contributed by atoms with E-state index in [0.29, 0.717) is 0 Å². The molecule has 5 heteroatoms. The molecule has 0 bridgehead atoms. The molecule has 0 aromatic heterocycles. The van der Waals surface area contributed by atoms with E-state index in [-0.39, 0.29) is 11.9 Å². The van der Waals surface area contributed by atoms with Gasteiger partial charge < -0.3 is 15.1 Å². The summed E-state index contributed by atoms with van der Waals surface area (Å²) in [5.74, 6) is 0.137. The second kappa shape index (κ2) is 7.07. The Balaban J connectivity index is 1.84. The molecule has 1 heterocycles. The molecule has 0 spiro atoms. The van der Waals surface area contributed by atoms with Crippen molar-refractivity contribution in [3.8, 4) is 0 Å². The summed E-state index contributed by atoms with van der Waals surface area (Å²) < 4.78 is 0. The first-order chi connectivity index (χ1) is 9.60. The zero-order chi connectivity index (χ0) is 14.5. The van der Waals surface area contributed by atoms with Crippen LogP contribution in [0.3, 0.4) is 0 Å². The Morgan fingerprint density at radius 3 is 2.65 bits per heavy atom. The van der Waals surface area contributed by atoms with E-state index in [9.17, 15) is 4.79 Å². The largest absolute Gasteiger partial charge is 0.354 e. The van der Waals surface area contributed by atoms with Crippen LogP contribution in [0.2, 0.25) is 5.02 Å². The van der Waals surface area contributed by atoms with Gasteiger partial charge in [-0.1, -0.05) is 23.7 Å². The lowest BCUT2D eigenvalue weighted by atomic mass is 10.1. The minimum atomic E-state index is 0.0488. The number of rotatable bonds is 4. The molecular weight excluding hydrogens is 274 g/mol. The van der Waals surface area contributed by atoms with Crippen LogP contribution in [-0.2, 0) is 11.3 Å². The molecule has 4 nitrogen and oxygen atoms in total. The van der Waals surface area contributed by atoms with Crippen molar-refractivity contribution in [3.05, 3.63) is 34.9 Å². The molecule has 0 aliphatic carbocycles. The van der Waals surface area contributed by atoms with Crippen molar-refractivity contribution in [1.82, 2.24) is 5.32 Å². The number of nitrogens with one attached hydrogen (secondary N) is 3. The molecule has 2 rings (SSSR count). The number of benzene rings is 1. The first kappa shape index (κ1) is 15.3. The Morgan fingerprint density at radius 2 is 2.05 bits per heavy atom. The predicted octanol–water partition coefficient (Wildman–Crippen LogP) is -1.24. The van der Waals surface area contributed by atoms with Crippen molar-refractivity contribution < 1.29 is 14.6 Å². The number of piperazine rings is 1. The third kappa shape index (κ3) is 3.95.